The Labute approximate surface area is 249 Å². The van der Waals surface area contributed by atoms with Crippen LogP contribution in [0.25, 0.3) is 22.3 Å². The van der Waals surface area contributed by atoms with E-state index in [9.17, 15) is 65.8 Å². The van der Waals surface area contributed by atoms with Crippen LogP contribution in [-0.2, 0) is 9.47 Å². The predicted octanol–water partition coefficient (Wildman–Crippen LogP) is 0.148. The van der Waals surface area contributed by atoms with Gasteiger partial charge in [-0.05, 0) is 30.3 Å². The Balaban J connectivity index is 1.43. The first kappa shape index (κ1) is 30.8. The number of aliphatic hydroxyl groups excluding tert-OH is 3. The summed E-state index contributed by atoms with van der Waals surface area (Å²) in [5.41, 5.74) is -2.17. The maximum Gasteiger partial charge on any atom is 0.338 e. The number of aliphatic hydroxyl groups is 3. The van der Waals surface area contributed by atoms with E-state index in [1.54, 1.807) is 0 Å². The largest absolute Gasteiger partial charge is 0.504 e. The number of esters is 1. The summed E-state index contributed by atoms with van der Waals surface area (Å²) < 4.78 is 21.4. The van der Waals surface area contributed by atoms with Crippen LogP contribution >= 0.6 is 0 Å². The third-order valence-corrected chi connectivity index (χ3v) is 6.91. The lowest BCUT2D eigenvalue weighted by molar-refractivity contribution is -0.277. The molecule has 2 heterocycles. The highest BCUT2D eigenvalue weighted by Crippen LogP contribution is 2.44. The minimum absolute atomic E-state index is 0.0740. The Hall–Kier alpha value is -5.62. The minimum Gasteiger partial charge on any atom is -0.504 e. The molecule has 0 aliphatic carbocycles. The number of carbonyl (C=O) groups excluding carboxylic acids is 1. The number of phenolic OH excluding ortho intramolecular Hbond substituents is 7. The molecule has 1 aliphatic rings. The van der Waals surface area contributed by atoms with Gasteiger partial charge in [0.25, 0.3) is 0 Å². The van der Waals surface area contributed by atoms with Crippen LogP contribution in [0.15, 0.2) is 45.6 Å². The summed E-state index contributed by atoms with van der Waals surface area (Å²) in [5.74, 6) is -9.27. The zero-order valence-corrected chi connectivity index (χ0v) is 22.4. The quantitative estimate of drug-likeness (QED) is 0.0995. The molecular formula is C28H24O17. The first-order valence-corrected chi connectivity index (χ1v) is 12.7. The molecule has 17 heteroatoms. The number of fused-ring (bicyclic) bond motifs is 1. The topological polar surface area (TPSA) is 298 Å². The molecule has 3 aromatic carbocycles. The van der Waals surface area contributed by atoms with Crippen molar-refractivity contribution in [3.63, 3.8) is 0 Å². The van der Waals surface area contributed by atoms with Crippen molar-refractivity contribution >= 4 is 16.9 Å². The molecule has 1 fully saturated rings. The van der Waals surface area contributed by atoms with Crippen molar-refractivity contribution in [1.29, 1.82) is 0 Å². The van der Waals surface area contributed by atoms with Crippen molar-refractivity contribution in [2.75, 3.05) is 6.61 Å². The molecule has 5 unspecified atom stereocenters. The molecule has 11 N–H and O–H groups in total. The molecule has 45 heavy (non-hydrogen) atoms. The molecule has 0 saturated carbocycles. The number of carbonyl (C=O) groups is 1. The van der Waals surface area contributed by atoms with Gasteiger partial charge in [0.2, 0.25) is 23.2 Å². The fourth-order valence-electron chi connectivity index (χ4n) is 4.48. The number of rotatable bonds is 6. The van der Waals surface area contributed by atoms with Crippen molar-refractivity contribution in [1.82, 2.24) is 0 Å². The van der Waals surface area contributed by atoms with E-state index in [-0.39, 0.29) is 5.56 Å². The van der Waals surface area contributed by atoms with E-state index in [1.807, 2.05) is 0 Å². The van der Waals surface area contributed by atoms with E-state index >= 15 is 0 Å². The first-order chi connectivity index (χ1) is 21.2. The first-order valence-electron chi connectivity index (χ1n) is 12.7. The van der Waals surface area contributed by atoms with Gasteiger partial charge in [0, 0.05) is 11.6 Å². The van der Waals surface area contributed by atoms with Crippen LogP contribution in [0.5, 0.6) is 51.7 Å². The second kappa shape index (κ2) is 11.5. The Morgan fingerprint density at radius 3 is 2.04 bits per heavy atom. The van der Waals surface area contributed by atoms with Crippen molar-refractivity contribution in [3.05, 3.63) is 52.2 Å². The molecule has 1 aliphatic heterocycles. The molecule has 0 bridgehead atoms. The highest BCUT2D eigenvalue weighted by Gasteiger charge is 2.46. The average Bonchev–Trinajstić information content (AvgIpc) is 3.00. The molecule has 4 aromatic rings. The van der Waals surface area contributed by atoms with E-state index in [2.05, 4.69) is 0 Å². The summed E-state index contributed by atoms with van der Waals surface area (Å²) in [4.78, 5) is 25.3. The second-order valence-electron chi connectivity index (χ2n) is 9.85. The van der Waals surface area contributed by atoms with Crippen LogP contribution in [0.3, 0.4) is 0 Å². The second-order valence-corrected chi connectivity index (χ2v) is 9.85. The standard InChI is InChI=1S/C28H24O17/c29-10-2-1-8(3-11(10)30)26-24(39)22(37)17-14(43-26)6-15(19(34)21(17)36)44-28-25(40)23(38)20(35)16(45-28)7-42-27(41)9-4-12(31)18(33)13(32)5-9/h1-6,16,20,23,25,28-36,38-40H,7H2. The number of ether oxygens (including phenoxy) is 3. The van der Waals surface area contributed by atoms with Crippen LogP contribution in [-0.4, -0.2) is 99.5 Å². The molecule has 17 nitrogen and oxygen atoms in total. The Bertz CT molecular complexity index is 1840. The SMILES string of the molecule is O=C(OCC1OC(Oc2cc3oc(-c4ccc(O)c(O)c4)c(O)c(=O)c3c(O)c2O)C(O)C(O)C1O)c1cc(O)c(O)c(O)c1. The number of phenols is 7. The molecular weight excluding hydrogens is 608 g/mol. The van der Waals surface area contributed by atoms with Gasteiger partial charge in [-0.15, -0.1) is 0 Å². The van der Waals surface area contributed by atoms with Crippen molar-refractivity contribution < 1.29 is 79.6 Å². The molecule has 0 radical (unpaired) electrons. The van der Waals surface area contributed by atoms with Gasteiger partial charge < -0.3 is 74.8 Å². The van der Waals surface area contributed by atoms with Gasteiger partial charge in [-0.2, -0.15) is 0 Å². The van der Waals surface area contributed by atoms with Gasteiger partial charge in [0.05, 0.1) is 5.56 Å². The van der Waals surface area contributed by atoms with E-state index < -0.39 is 123 Å². The summed E-state index contributed by atoms with van der Waals surface area (Å²) in [5, 5.41) is 110. The molecule has 1 saturated heterocycles. The third kappa shape index (κ3) is 5.47. The molecule has 0 spiro atoms. The normalized spacial score (nSPS) is 21.4. The highest BCUT2D eigenvalue weighted by atomic mass is 16.7. The smallest absolute Gasteiger partial charge is 0.338 e. The van der Waals surface area contributed by atoms with Crippen LogP contribution in [0.4, 0.5) is 0 Å². The summed E-state index contributed by atoms with van der Waals surface area (Å²) in [6, 6.07) is 5.63. The van der Waals surface area contributed by atoms with Gasteiger partial charge >= 0.3 is 5.97 Å². The van der Waals surface area contributed by atoms with Gasteiger partial charge in [-0.1, -0.05) is 0 Å². The summed E-state index contributed by atoms with van der Waals surface area (Å²) in [7, 11) is 0. The number of hydrogen-bond donors (Lipinski definition) is 11. The fourth-order valence-corrected chi connectivity index (χ4v) is 4.48. The Morgan fingerprint density at radius 2 is 1.40 bits per heavy atom. The summed E-state index contributed by atoms with van der Waals surface area (Å²) >= 11 is 0. The number of aromatic hydroxyl groups is 8. The lowest BCUT2D eigenvalue weighted by atomic mass is 9.99. The van der Waals surface area contributed by atoms with Crippen LogP contribution in [0.2, 0.25) is 0 Å². The van der Waals surface area contributed by atoms with E-state index in [4.69, 9.17) is 18.6 Å². The molecule has 0 amide bonds. The van der Waals surface area contributed by atoms with Crippen LogP contribution in [0.1, 0.15) is 10.4 Å². The summed E-state index contributed by atoms with van der Waals surface area (Å²) in [6.45, 7) is -0.794. The van der Waals surface area contributed by atoms with E-state index in [1.165, 1.54) is 6.07 Å². The maximum absolute atomic E-state index is 12.9. The van der Waals surface area contributed by atoms with Gasteiger partial charge in [0.1, 0.15) is 42.0 Å². The van der Waals surface area contributed by atoms with E-state index in [0.29, 0.717) is 0 Å². The summed E-state index contributed by atoms with van der Waals surface area (Å²) in [6.07, 6.45) is -9.35. The van der Waals surface area contributed by atoms with Gasteiger partial charge in [-0.25, -0.2) is 4.79 Å². The molecule has 5 atom stereocenters. The van der Waals surface area contributed by atoms with Crippen LogP contribution in [0, 0.1) is 0 Å². The zero-order chi connectivity index (χ0) is 32.9. The average molecular weight is 632 g/mol. The number of hydrogen-bond acceptors (Lipinski definition) is 17. The zero-order valence-electron chi connectivity index (χ0n) is 22.4. The van der Waals surface area contributed by atoms with Crippen molar-refractivity contribution in [3.8, 4) is 63.1 Å². The van der Waals surface area contributed by atoms with Crippen LogP contribution < -0.4 is 10.2 Å². The maximum atomic E-state index is 12.9. The minimum atomic E-state index is -2.00. The lowest BCUT2D eigenvalue weighted by Gasteiger charge is -2.39. The van der Waals surface area contributed by atoms with Gasteiger partial charge in [0.15, 0.2) is 46.0 Å². The van der Waals surface area contributed by atoms with Crippen molar-refractivity contribution in [2.24, 2.45) is 0 Å². The fraction of sp³-hybridized carbons (Fsp3) is 0.214. The van der Waals surface area contributed by atoms with E-state index in [0.717, 1.165) is 30.3 Å². The highest BCUT2D eigenvalue weighted by molar-refractivity contribution is 5.92. The number of benzene rings is 3. The predicted molar refractivity (Wildman–Crippen MR) is 145 cm³/mol. The molecule has 238 valence electrons. The van der Waals surface area contributed by atoms with Crippen molar-refractivity contribution in [2.45, 2.75) is 30.7 Å². The molecule has 5 rings (SSSR count). The Kier molecular flexibility index (Phi) is 7.86. The third-order valence-electron chi connectivity index (χ3n) is 6.91. The molecule has 1 aromatic heterocycles. The monoisotopic (exact) mass is 632 g/mol. The van der Waals surface area contributed by atoms with Gasteiger partial charge in [-0.3, -0.25) is 4.79 Å². The lowest BCUT2D eigenvalue weighted by Crippen LogP contribution is -2.60. The Morgan fingerprint density at radius 1 is 0.733 bits per heavy atom.